The van der Waals surface area contributed by atoms with E-state index in [0.29, 0.717) is 5.91 Å². The highest BCUT2D eigenvalue weighted by atomic mass is 16.2. The highest BCUT2D eigenvalue weighted by molar-refractivity contribution is 5.83. The molecule has 3 nitrogen and oxygen atoms in total. The molecule has 0 aromatic rings. The zero-order chi connectivity index (χ0) is 13.0. The van der Waals surface area contributed by atoms with Gasteiger partial charge in [0.1, 0.15) is 0 Å². The molecule has 1 N–H and O–H groups in total. The Bertz CT molecular complexity index is 284. The van der Waals surface area contributed by atoms with Crippen LogP contribution in [0.3, 0.4) is 0 Å². The lowest BCUT2D eigenvalue weighted by atomic mass is 9.75. The standard InChI is InChI=1S/C15H28N2O/c1-3-5-13-6-11-17(12-13)14(18)15(4-2)7-9-16-10-8-15/h13,16H,3-12H2,1-2H3. The Morgan fingerprint density at radius 2 is 2.06 bits per heavy atom. The van der Waals surface area contributed by atoms with Crippen LogP contribution in [0.25, 0.3) is 0 Å². The number of carbonyl (C=O) groups excluding carboxylic acids is 1. The minimum atomic E-state index is -0.0493. The molecule has 2 rings (SSSR count). The van der Waals surface area contributed by atoms with Crippen LogP contribution >= 0.6 is 0 Å². The van der Waals surface area contributed by atoms with Crippen molar-refractivity contribution in [2.24, 2.45) is 11.3 Å². The fourth-order valence-corrected chi connectivity index (χ4v) is 3.62. The summed E-state index contributed by atoms with van der Waals surface area (Å²) in [5, 5.41) is 3.38. The van der Waals surface area contributed by atoms with Gasteiger partial charge in [-0.3, -0.25) is 4.79 Å². The summed E-state index contributed by atoms with van der Waals surface area (Å²) in [7, 11) is 0. The highest BCUT2D eigenvalue weighted by Crippen LogP contribution is 2.36. The molecule has 0 saturated carbocycles. The lowest BCUT2D eigenvalue weighted by Crippen LogP contribution is -2.48. The lowest BCUT2D eigenvalue weighted by molar-refractivity contribution is -0.143. The predicted octanol–water partition coefficient (Wildman–Crippen LogP) is 2.41. The van der Waals surface area contributed by atoms with Crippen molar-refractivity contribution in [3.63, 3.8) is 0 Å². The summed E-state index contributed by atoms with van der Waals surface area (Å²) in [6.45, 7) is 8.45. The van der Waals surface area contributed by atoms with Crippen molar-refractivity contribution >= 4 is 5.91 Å². The summed E-state index contributed by atoms with van der Waals surface area (Å²) in [6, 6.07) is 0. The molecule has 0 aromatic heterocycles. The van der Waals surface area contributed by atoms with Crippen molar-refractivity contribution in [2.75, 3.05) is 26.2 Å². The lowest BCUT2D eigenvalue weighted by Gasteiger charge is -2.38. The molecule has 3 heteroatoms. The molecular formula is C15H28N2O. The van der Waals surface area contributed by atoms with Crippen LogP contribution < -0.4 is 5.32 Å². The van der Waals surface area contributed by atoms with Gasteiger partial charge in [0, 0.05) is 13.1 Å². The molecule has 0 bridgehead atoms. The molecule has 2 aliphatic rings. The van der Waals surface area contributed by atoms with Crippen molar-refractivity contribution in [2.45, 2.75) is 52.4 Å². The fourth-order valence-electron chi connectivity index (χ4n) is 3.62. The maximum absolute atomic E-state index is 12.8. The first-order valence-electron chi connectivity index (χ1n) is 7.72. The summed E-state index contributed by atoms with van der Waals surface area (Å²) in [5.41, 5.74) is -0.0493. The topological polar surface area (TPSA) is 32.3 Å². The van der Waals surface area contributed by atoms with Crippen LogP contribution in [0.15, 0.2) is 0 Å². The average Bonchev–Trinajstić information content (AvgIpc) is 2.87. The minimum Gasteiger partial charge on any atom is -0.342 e. The van der Waals surface area contributed by atoms with E-state index in [0.717, 1.165) is 51.4 Å². The monoisotopic (exact) mass is 252 g/mol. The van der Waals surface area contributed by atoms with E-state index in [1.54, 1.807) is 0 Å². The van der Waals surface area contributed by atoms with Crippen LogP contribution in [-0.4, -0.2) is 37.0 Å². The molecule has 2 fully saturated rings. The number of piperidine rings is 1. The van der Waals surface area contributed by atoms with Gasteiger partial charge in [-0.25, -0.2) is 0 Å². The van der Waals surface area contributed by atoms with Crippen LogP contribution in [0.1, 0.15) is 52.4 Å². The van der Waals surface area contributed by atoms with Crippen molar-refractivity contribution < 1.29 is 4.79 Å². The number of nitrogens with one attached hydrogen (secondary N) is 1. The summed E-state index contributed by atoms with van der Waals surface area (Å²) in [5.74, 6) is 1.21. The molecule has 0 aliphatic carbocycles. The third kappa shape index (κ3) is 2.71. The van der Waals surface area contributed by atoms with Gasteiger partial charge in [-0.05, 0) is 51.1 Å². The van der Waals surface area contributed by atoms with Crippen LogP contribution in [0.2, 0.25) is 0 Å². The average molecular weight is 252 g/mol. The Kier molecular flexibility index (Phi) is 4.66. The van der Waals surface area contributed by atoms with Crippen molar-refractivity contribution in [1.29, 1.82) is 0 Å². The summed E-state index contributed by atoms with van der Waals surface area (Å²) < 4.78 is 0. The maximum atomic E-state index is 12.8. The number of likely N-dealkylation sites (tertiary alicyclic amines) is 1. The molecular weight excluding hydrogens is 224 g/mol. The van der Waals surface area contributed by atoms with E-state index in [-0.39, 0.29) is 5.41 Å². The molecule has 0 aromatic carbocycles. The van der Waals surface area contributed by atoms with E-state index in [1.165, 1.54) is 19.3 Å². The highest BCUT2D eigenvalue weighted by Gasteiger charge is 2.42. The van der Waals surface area contributed by atoms with Gasteiger partial charge in [0.05, 0.1) is 5.41 Å². The van der Waals surface area contributed by atoms with E-state index in [1.807, 2.05) is 0 Å². The molecule has 104 valence electrons. The number of rotatable bonds is 4. The van der Waals surface area contributed by atoms with Gasteiger partial charge < -0.3 is 10.2 Å². The quantitative estimate of drug-likeness (QED) is 0.833. The van der Waals surface area contributed by atoms with Gasteiger partial charge in [0.25, 0.3) is 0 Å². The first kappa shape index (κ1) is 13.9. The summed E-state index contributed by atoms with van der Waals surface area (Å²) in [6.07, 6.45) is 6.80. The normalized spacial score (nSPS) is 27.4. The molecule has 18 heavy (non-hydrogen) atoms. The zero-order valence-corrected chi connectivity index (χ0v) is 12.0. The van der Waals surface area contributed by atoms with Gasteiger partial charge in [-0.1, -0.05) is 20.3 Å². The second-order valence-electron chi connectivity index (χ2n) is 6.08. The van der Waals surface area contributed by atoms with Crippen LogP contribution in [0.5, 0.6) is 0 Å². The van der Waals surface area contributed by atoms with E-state index in [9.17, 15) is 4.79 Å². The maximum Gasteiger partial charge on any atom is 0.228 e. The van der Waals surface area contributed by atoms with Gasteiger partial charge in [-0.2, -0.15) is 0 Å². The fraction of sp³-hybridized carbons (Fsp3) is 0.933. The van der Waals surface area contributed by atoms with Gasteiger partial charge in [0.15, 0.2) is 0 Å². The Hall–Kier alpha value is -0.570. The largest absolute Gasteiger partial charge is 0.342 e. The number of hydrogen-bond acceptors (Lipinski definition) is 2. The molecule has 1 atom stereocenters. The summed E-state index contributed by atoms with van der Waals surface area (Å²) >= 11 is 0. The first-order valence-corrected chi connectivity index (χ1v) is 7.72. The van der Waals surface area contributed by atoms with Crippen LogP contribution in [-0.2, 0) is 4.79 Å². The number of carbonyl (C=O) groups is 1. The smallest absolute Gasteiger partial charge is 0.228 e. The molecule has 0 spiro atoms. The second-order valence-corrected chi connectivity index (χ2v) is 6.08. The van der Waals surface area contributed by atoms with Crippen molar-refractivity contribution in [1.82, 2.24) is 10.2 Å². The minimum absolute atomic E-state index is 0.0493. The third-order valence-corrected chi connectivity index (χ3v) is 4.96. The molecule has 0 radical (unpaired) electrons. The Balaban J connectivity index is 1.97. The van der Waals surface area contributed by atoms with Crippen molar-refractivity contribution in [3.8, 4) is 0 Å². The van der Waals surface area contributed by atoms with E-state index in [2.05, 4.69) is 24.1 Å². The van der Waals surface area contributed by atoms with Gasteiger partial charge in [0.2, 0.25) is 5.91 Å². The van der Waals surface area contributed by atoms with Crippen LogP contribution in [0.4, 0.5) is 0 Å². The zero-order valence-electron chi connectivity index (χ0n) is 12.0. The second kappa shape index (κ2) is 6.05. The molecule has 1 unspecified atom stereocenters. The Morgan fingerprint density at radius 3 is 2.67 bits per heavy atom. The first-order chi connectivity index (χ1) is 8.72. The summed E-state index contributed by atoms with van der Waals surface area (Å²) in [4.78, 5) is 15.0. The Morgan fingerprint density at radius 1 is 1.33 bits per heavy atom. The third-order valence-electron chi connectivity index (χ3n) is 4.96. The van der Waals surface area contributed by atoms with Gasteiger partial charge in [-0.15, -0.1) is 0 Å². The molecule has 2 aliphatic heterocycles. The van der Waals surface area contributed by atoms with E-state index < -0.39 is 0 Å². The van der Waals surface area contributed by atoms with Crippen molar-refractivity contribution in [3.05, 3.63) is 0 Å². The SMILES string of the molecule is CCCC1CCN(C(=O)C2(CC)CCNCC2)C1. The van der Waals surface area contributed by atoms with Crippen LogP contribution in [0, 0.1) is 11.3 Å². The molecule has 2 heterocycles. The number of nitrogens with zero attached hydrogens (tertiary/aromatic N) is 1. The van der Waals surface area contributed by atoms with E-state index >= 15 is 0 Å². The molecule has 2 saturated heterocycles. The number of hydrogen-bond donors (Lipinski definition) is 1. The Labute approximate surface area is 111 Å². The number of amides is 1. The van der Waals surface area contributed by atoms with E-state index in [4.69, 9.17) is 0 Å². The predicted molar refractivity (Wildman–Crippen MR) is 74.4 cm³/mol. The van der Waals surface area contributed by atoms with Gasteiger partial charge >= 0.3 is 0 Å². The molecule has 1 amide bonds.